The molecule has 0 heterocycles. The quantitative estimate of drug-likeness (QED) is 0.368. The highest BCUT2D eigenvalue weighted by atomic mass is 79.9. The highest BCUT2D eigenvalue weighted by Crippen LogP contribution is 2.28. The van der Waals surface area contributed by atoms with Crippen LogP contribution in [0, 0.1) is 0 Å². The summed E-state index contributed by atoms with van der Waals surface area (Å²) in [5.41, 5.74) is 1.64. The second kappa shape index (κ2) is 9.77. The van der Waals surface area contributed by atoms with Crippen LogP contribution in [0.25, 0.3) is 0 Å². The van der Waals surface area contributed by atoms with Gasteiger partial charge in [0, 0.05) is 15.1 Å². The summed E-state index contributed by atoms with van der Waals surface area (Å²) in [6, 6.07) is 19.5. The van der Waals surface area contributed by atoms with Crippen molar-refractivity contribution in [3.8, 4) is 0 Å². The number of benzene rings is 3. The predicted molar refractivity (Wildman–Crippen MR) is 125 cm³/mol. The van der Waals surface area contributed by atoms with Crippen LogP contribution >= 0.6 is 27.5 Å². The number of hydrogen-bond donors (Lipinski definition) is 0. The third-order valence-electron chi connectivity index (χ3n) is 4.60. The lowest BCUT2D eigenvalue weighted by molar-refractivity contribution is 0.101. The number of aryl methyl sites for hydroxylation is 1. The van der Waals surface area contributed by atoms with E-state index in [-0.39, 0.29) is 16.1 Å². The molecule has 0 bridgehead atoms. The number of rotatable bonds is 7. The third kappa shape index (κ3) is 5.12. The minimum atomic E-state index is -4.15. The number of hydrogen-bond acceptors (Lipinski definition) is 3. The van der Waals surface area contributed by atoms with Crippen LogP contribution in [-0.2, 0) is 16.4 Å². The van der Waals surface area contributed by atoms with E-state index in [1.54, 1.807) is 36.4 Å². The molecule has 0 aliphatic rings. The Morgan fingerprint density at radius 3 is 2.27 bits per heavy atom. The number of halogens is 2. The highest BCUT2D eigenvalue weighted by Gasteiger charge is 2.32. The largest absolute Gasteiger partial charge is 0.272 e. The van der Waals surface area contributed by atoms with Crippen molar-refractivity contribution < 1.29 is 13.2 Å². The fourth-order valence-corrected chi connectivity index (χ4v) is 4.93. The maximum Gasteiger partial charge on any atom is 0.272 e. The minimum Gasteiger partial charge on any atom is -0.268 e. The molecular weight excluding hydrogens is 486 g/mol. The molecule has 0 unspecified atom stereocenters. The van der Waals surface area contributed by atoms with E-state index >= 15 is 0 Å². The van der Waals surface area contributed by atoms with Gasteiger partial charge >= 0.3 is 0 Å². The average Bonchev–Trinajstić information content (AvgIpc) is 2.73. The van der Waals surface area contributed by atoms with Gasteiger partial charge in [0.1, 0.15) is 0 Å². The third-order valence-corrected chi connectivity index (χ3v) is 7.07. The summed E-state index contributed by atoms with van der Waals surface area (Å²) < 4.78 is 28.4. The Kier molecular flexibility index (Phi) is 7.34. The molecule has 30 heavy (non-hydrogen) atoms. The molecular formula is C23H21BrClNO3S. The summed E-state index contributed by atoms with van der Waals surface area (Å²) in [6.45, 7) is 2.12. The zero-order chi connectivity index (χ0) is 21.7. The first-order valence-corrected chi connectivity index (χ1v) is 12.1. The Bertz CT molecular complexity index is 1130. The molecule has 156 valence electrons. The molecule has 0 N–H and O–H groups in total. The Morgan fingerprint density at radius 2 is 1.67 bits per heavy atom. The van der Waals surface area contributed by atoms with Gasteiger partial charge in [-0.25, -0.2) is 8.42 Å². The first kappa shape index (κ1) is 22.5. The van der Waals surface area contributed by atoms with E-state index in [0.717, 1.165) is 29.1 Å². The number of anilines is 1. The van der Waals surface area contributed by atoms with Crippen molar-refractivity contribution in [1.82, 2.24) is 0 Å². The molecule has 0 fully saturated rings. The number of unbranched alkanes of at least 4 members (excludes halogenated alkanes) is 1. The van der Waals surface area contributed by atoms with Crippen molar-refractivity contribution in [2.75, 3.05) is 4.31 Å². The Morgan fingerprint density at radius 1 is 1.00 bits per heavy atom. The van der Waals surface area contributed by atoms with Gasteiger partial charge in [0.15, 0.2) is 0 Å². The molecule has 3 aromatic carbocycles. The molecule has 0 atom stereocenters. The molecule has 0 aromatic heterocycles. The van der Waals surface area contributed by atoms with E-state index in [0.29, 0.717) is 9.50 Å². The van der Waals surface area contributed by atoms with Gasteiger partial charge in [-0.1, -0.05) is 59.1 Å². The molecule has 0 spiro atoms. The molecule has 4 nitrogen and oxygen atoms in total. The molecule has 0 saturated carbocycles. The second-order valence-corrected chi connectivity index (χ2v) is 9.95. The first-order chi connectivity index (χ1) is 14.3. The van der Waals surface area contributed by atoms with Gasteiger partial charge in [0.25, 0.3) is 15.9 Å². The van der Waals surface area contributed by atoms with Crippen molar-refractivity contribution in [2.45, 2.75) is 31.1 Å². The van der Waals surface area contributed by atoms with E-state index in [4.69, 9.17) is 11.6 Å². The standard InChI is InChI=1S/C23H21BrClNO3S/c1-2-3-5-17-8-12-21(13-9-17)26(23(27)18-6-4-7-19(24)16-18)30(28,29)22-14-10-20(25)11-15-22/h4,6-16H,2-3,5H2,1H3. The lowest BCUT2D eigenvalue weighted by Crippen LogP contribution is -2.37. The van der Waals surface area contributed by atoms with Crippen molar-refractivity contribution in [3.05, 3.63) is 93.4 Å². The van der Waals surface area contributed by atoms with Crippen molar-refractivity contribution in [3.63, 3.8) is 0 Å². The summed E-state index contributed by atoms with van der Waals surface area (Å²) in [5.74, 6) is -0.632. The molecule has 3 aromatic rings. The lowest BCUT2D eigenvalue weighted by atomic mass is 10.1. The predicted octanol–water partition coefficient (Wildman–Crippen LogP) is 6.48. The number of amides is 1. The van der Waals surface area contributed by atoms with E-state index in [2.05, 4.69) is 22.9 Å². The maximum absolute atomic E-state index is 13.5. The van der Waals surface area contributed by atoms with Gasteiger partial charge < -0.3 is 0 Å². The van der Waals surface area contributed by atoms with E-state index in [1.807, 2.05) is 12.1 Å². The van der Waals surface area contributed by atoms with Gasteiger partial charge in [0.05, 0.1) is 10.6 Å². The Balaban J connectivity index is 2.08. The van der Waals surface area contributed by atoms with Crippen LogP contribution < -0.4 is 4.31 Å². The molecule has 0 aliphatic carbocycles. The first-order valence-electron chi connectivity index (χ1n) is 9.52. The van der Waals surface area contributed by atoms with E-state index in [9.17, 15) is 13.2 Å². The maximum atomic E-state index is 13.5. The van der Waals surface area contributed by atoms with Crippen LogP contribution in [0.2, 0.25) is 5.02 Å². The Labute approximate surface area is 190 Å². The van der Waals surface area contributed by atoms with Crippen LogP contribution in [0.3, 0.4) is 0 Å². The molecule has 7 heteroatoms. The second-order valence-electron chi connectivity index (χ2n) is 6.81. The zero-order valence-corrected chi connectivity index (χ0v) is 19.5. The number of carbonyl (C=O) groups is 1. The summed E-state index contributed by atoms with van der Waals surface area (Å²) in [4.78, 5) is 13.3. The summed E-state index contributed by atoms with van der Waals surface area (Å²) in [5, 5.41) is 0.416. The number of nitrogens with zero attached hydrogens (tertiary/aromatic N) is 1. The van der Waals surface area contributed by atoms with Crippen LogP contribution in [0.5, 0.6) is 0 Å². The smallest absolute Gasteiger partial charge is 0.268 e. The van der Waals surface area contributed by atoms with Gasteiger partial charge in [-0.05, 0) is 73.0 Å². The van der Waals surface area contributed by atoms with Crippen molar-refractivity contribution >= 4 is 49.1 Å². The lowest BCUT2D eigenvalue weighted by Gasteiger charge is -2.23. The van der Waals surface area contributed by atoms with Gasteiger partial charge in [-0.2, -0.15) is 4.31 Å². The van der Waals surface area contributed by atoms with Crippen LogP contribution in [0.15, 0.2) is 82.2 Å². The SMILES string of the molecule is CCCCc1ccc(N(C(=O)c2cccc(Br)c2)S(=O)(=O)c2ccc(Cl)cc2)cc1. The topological polar surface area (TPSA) is 54.5 Å². The van der Waals surface area contributed by atoms with Crippen LogP contribution in [0.1, 0.15) is 35.7 Å². The fraction of sp³-hybridized carbons (Fsp3) is 0.174. The Hall–Kier alpha value is -2.15. The molecule has 0 aliphatic heterocycles. The van der Waals surface area contributed by atoms with Crippen LogP contribution in [-0.4, -0.2) is 14.3 Å². The highest BCUT2D eigenvalue weighted by molar-refractivity contribution is 9.10. The van der Waals surface area contributed by atoms with E-state index < -0.39 is 15.9 Å². The molecule has 0 saturated heterocycles. The minimum absolute atomic E-state index is 0.00898. The molecule has 0 radical (unpaired) electrons. The monoisotopic (exact) mass is 505 g/mol. The van der Waals surface area contributed by atoms with Gasteiger partial charge in [0.2, 0.25) is 0 Å². The molecule has 1 amide bonds. The number of sulfonamides is 1. The summed E-state index contributed by atoms with van der Waals surface area (Å²) in [6.07, 6.45) is 3.02. The molecule has 3 rings (SSSR count). The van der Waals surface area contributed by atoms with E-state index in [1.165, 1.54) is 24.3 Å². The summed E-state index contributed by atoms with van der Waals surface area (Å²) >= 11 is 9.25. The van der Waals surface area contributed by atoms with Crippen molar-refractivity contribution in [1.29, 1.82) is 0 Å². The van der Waals surface area contributed by atoms with Gasteiger partial charge in [-0.15, -0.1) is 0 Å². The normalized spacial score (nSPS) is 11.3. The fourth-order valence-electron chi connectivity index (χ4n) is 2.99. The van der Waals surface area contributed by atoms with Gasteiger partial charge in [-0.3, -0.25) is 4.79 Å². The van der Waals surface area contributed by atoms with Crippen molar-refractivity contribution in [2.24, 2.45) is 0 Å². The van der Waals surface area contributed by atoms with Crippen LogP contribution in [0.4, 0.5) is 5.69 Å². The number of carbonyl (C=O) groups excluding carboxylic acids is 1. The summed E-state index contributed by atoms with van der Waals surface area (Å²) in [7, 11) is -4.15. The zero-order valence-electron chi connectivity index (χ0n) is 16.4. The average molecular weight is 507 g/mol.